The maximum absolute atomic E-state index is 13.4. The van der Waals surface area contributed by atoms with E-state index < -0.39 is 0 Å². The summed E-state index contributed by atoms with van der Waals surface area (Å²) >= 11 is 1.25. The first kappa shape index (κ1) is 21.1. The molecule has 2 aromatic carbocycles. The third-order valence-corrected chi connectivity index (χ3v) is 6.39. The Hall–Kier alpha value is -3.78. The van der Waals surface area contributed by atoms with Crippen LogP contribution in [0, 0.1) is 11.7 Å². The molecule has 8 heteroatoms. The van der Waals surface area contributed by atoms with E-state index in [-0.39, 0.29) is 30.1 Å². The average Bonchev–Trinajstić information content (AvgIpc) is 3.44. The molecule has 0 unspecified atom stereocenters. The Morgan fingerprint density at radius 1 is 1.03 bits per heavy atom. The lowest BCUT2D eigenvalue weighted by Gasteiger charge is -2.05. The van der Waals surface area contributed by atoms with Crippen LogP contribution in [0.4, 0.5) is 9.39 Å². The van der Waals surface area contributed by atoms with Crippen molar-refractivity contribution >= 4 is 28.2 Å². The van der Waals surface area contributed by atoms with Crippen molar-refractivity contribution in [2.75, 3.05) is 5.32 Å². The first-order valence-electron chi connectivity index (χ1n) is 10.7. The fourth-order valence-electron chi connectivity index (χ4n) is 3.46. The van der Waals surface area contributed by atoms with Crippen molar-refractivity contribution in [1.29, 1.82) is 0 Å². The van der Waals surface area contributed by atoms with E-state index in [1.54, 1.807) is 28.9 Å². The Labute approximate surface area is 194 Å². The molecule has 0 bridgehead atoms. The highest BCUT2D eigenvalue weighted by atomic mass is 32.1. The summed E-state index contributed by atoms with van der Waals surface area (Å²) in [7, 11) is 0. The van der Waals surface area contributed by atoms with Gasteiger partial charge in [-0.05, 0) is 61.4 Å². The van der Waals surface area contributed by atoms with Crippen molar-refractivity contribution < 1.29 is 14.0 Å². The minimum atomic E-state index is -0.321. The van der Waals surface area contributed by atoms with E-state index in [0.29, 0.717) is 15.6 Å². The van der Waals surface area contributed by atoms with Crippen LogP contribution in [0.5, 0.6) is 0 Å². The van der Waals surface area contributed by atoms with E-state index in [1.807, 2.05) is 36.5 Å². The van der Waals surface area contributed by atoms with Gasteiger partial charge in [-0.15, -0.1) is 11.3 Å². The van der Waals surface area contributed by atoms with Crippen molar-refractivity contribution in [2.24, 2.45) is 5.92 Å². The number of hydrogen-bond donors (Lipinski definition) is 2. The van der Waals surface area contributed by atoms with E-state index in [9.17, 15) is 14.0 Å². The molecule has 1 aliphatic rings. The van der Waals surface area contributed by atoms with E-state index in [1.165, 1.54) is 23.5 Å². The summed E-state index contributed by atoms with van der Waals surface area (Å²) in [6, 6.07) is 19.2. The summed E-state index contributed by atoms with van der Waals surface area (Å²) in [6.07, 6.45) is 3.72. The second-order valence-electron chi connectivity index (χ2n) is 7.90. The van der Waals surface area contributed by atoms with Crippen molar-refractivity contribution in [3.8, 4) is 16.9 Å². The lowest BCUT2D eigenvalue weighted by atomic mass is 10.1. The summed E-state index contributed by atoms with van der Waals surface area (Å²) in [5.41, 5.74) is 3.12. The number of carbonyl (C=O) groups excluding carboxylic acids is 2. The normalized spacial score (nSPS) is 13.0. The summed E-state index contributed by atoms with van der Waals surface area (Å²) in [4.78, 5) is 25.2. The van der Waals surface area contributed by atoms with Gasteiger partial charge in [0.2, 0.25) is 5.91 Å². The Morgan fingerprint density at radius 3 is 2.52 bits per heavy atom. The smallest absolute Gasteiger partial charge is 0.261 e. The number of amides is 2. The quantitative estimate of drug-likeness (QED) is 0.407. The fourth-order valence-corrected chi connectivity index (χ4v) is 4.29. The molecule has 1 saturated carbocycles. The largest absolute Gasteiger partial charge is 0.347 e. The molecule has 1 aliphatic carbocycles. The molecule has 0 radical (unpaired) electrons. The summed E-state index contributed by atoms with van der Waals surface area (Å²) in [5.74, 6) is -0.431. The number of carbonyl (C=O) groups is 2. The third kappa shape index (κ3) is 4.85. The van der Waals surface area contributed by atoms with E-state index >= 15 is 0 Å². The van der Waals surface area contributed by atoms with Gasteiger partial charge < -0.3 is 10.6 Å². The first-order valence-corrected chi connectivity index (χ1v) is 11.5. The van der Waals surface area contributed by atoms with Crippen LogP contribution in [-0.2, 0) is 11.3 Å². The van der Waals surface area contributed by atoms with Crippen LogP contribution < -0.4 is 10.6 Å². The van der Waals surface area contributed by atoms with Gasteiger partial charge in [0.15, 0.2) is 0 Å². The number of thiophene rings is 1. The lowest BCUT2D eigenvalue weighted by molar-refractivity contribution is -0.117. The molecule has 2 N–H and O–H groups in total. The monoisotopic (exact) mass is 460 g/mol. The molecule has 5 rings (SSSR count). The topological polar surface area (TPSA) is 76.0 Å². The van der Waals surface area contributed by atoms with Gasteiger partial charge in [0, 0.05) is 29.8 Å². The zero-order valence-electron chi connectivity index (χ0n) is 17.6. The van der Waals surface area contributed by atoms with Crippen LogP contribution in [0.25, 0.3) is 16.9 Å². The number of hydrogen-bond acceptors (Lipinski definition) is 4. The van der Waals surface area contributed by atoms with Gasteiger partial charge in [-0.3, -0.25) is 9.59 Å². The fraction of sp³-hybridized carbons (Fsp3) is 0.160. The average molecular weight is 461 g/mol. The van der Waals surface area contributed by atoms with Gasteiger partial charge in [-0.2, -0.15) is 5.10 Å². The van der Waals surface area contributed by atoms with Gasteiger partial charge in [0.1, 0.15) is 5.82 Å². The van der Waals surface area contributed by atoms with Crippen molar-refractivity contribution in [1.82, 2.24) is 15.1 Å². The number of rotatable bonds is 7. The Bertz CT molecular complexity index is 1290. The number of halogens is 1. The predicted octanol–water partition coefficient (Wildman–Crippen LogP) is 5.02. The van der Waals surface area contributed by atoms with Gasteiger partial charge in [0.05, 0.1) is 21.3 Å². The van der Waals surface area contributed by atoms with Gasteiger partial charge in [0.25, 0.3) is 5.91 Å². The SMILES string of the molecule is O=C(NCc1cn(-c2ccccc2)nc1-c1ccc(F)cc1)c1ccc(NC(=O)C2CC2)s1. The predicted molar refractivity (Wildman–Crippen MR) is 126 cm³/mol. The molecular weight excluding hydrogens is 439 g/mol. The van der Waals surface area contributed by atoms with Gasteiger partial charge in [-0.25, -0.2) is 9.07 Å². The number of aromatic nitrogens is 2. The molecule has 166 valence electrons. The number of benzene rings is 2. The van der Waals surface area contributed by atoms with E-state index in [2.05, 4.69) is 15.7 Å². The lowest BCUT2D eigenvalue weighted by Crippen LogP contribution is -2.21. The maximum atomic E-state index is 13.4. The van der Waals surface area contributed by atoms with Crippen LogP contribution in [-0.4, -0.2) is 21.6 Å². The minimum Gasteiger partial charge on any atom is -0.347 e. The first-order chi connectivity index (χ1) is 16.1. The van der Waals surface area contributed by atoms with Crippen molar-refractivity contribution in [2.45, 2.75) is 19.4 Å². The molecule has 33 heavy (non-hydrogen) atoms. The molecule has 2 heterocycles. The molecule has 0 atom stereocenters. The van der Waals surface area contributed by atoms with Crippen LogP contribution in [0.1, 0.15) is 28.1 Å². The Balaban J connectivity index is 1.34. The number of nitrogens with zero attached hydrogens (tertiary/aromatic N) is 2. The summed E-state index contributed by atoms with van der Waals surface area (Å²) in [6.45, 7) is 0.250. The van der Waals surface area contributed by atoms with Gasteiger partial charge in [-0.1, -0.05) is 18.2 Å². The molecule has 2 aromatic heterocycles. The molecule has 6 nitrogen and oxygen atoms in total. The highest BCUT2D eigenvalue weighted by Crippen LogP contribution is 2.31. The minimum absolute atomic E-state index is 0.0149. The maximum Gasteiger partial charge on any atom is 0.261 e. The molecule has 2 amide bonds. The van der Waals surface area contributed by atoms with Crippen molar-refractivity contribution in [3.05, 3.63) is 89.2 Å². The van der Waals surface area contributed by atoms with Crippen molar-refractivity contribution in [3.63, 3.8) is 0 Å². The third-order valence-electron chi connectivity index (χ3n) is 5.39. The molecule has 1 fully saturated rings. The van der Waals surface area contributed by atoms with Crippen LogP contribution in [0.2, 0.25) is 0 Å². The molecule has 0 spiro atoms. The van der Waals surface area contributed by atoms with Crippen LogP contribution in [0.3, 0.4) is 0 Å². The molecule has 0 saturated heterocycles. The van der Waals surface area contributed by atoms with E-state index in [4.69, 9.17) is 0 Å². The van der Waals surface area contributed by atoms with Crippen LogP contribution >= 0.6 is 11.3 Å². The highest BCUT2D eigenvalue weighted by Gasteiger charge is 2.30. The zero-order valence-corrected chi connectivity index (χ0v) is 18.4. The second-order valence-corrected chi connectivity index (χ2v) is 8.98. The number of anilines is 1. The number of para-hydroxylation sites is 1. The van der Waals surface area contributed by atoms with Crippen LogP contribution in [0.15, 0.2) is 72.9 Å². The molecule has 4 aromatic rings. The van der Waals surface area contributed by atoms with E-state index in [0.717, 1.165) is 29.7 Å². The molecular formula is C25H21FN4O2S. The Kier molecular flexibility index (Phi) is 5.75. The summed E-state index contributed by atoms with van der Waals surface area (Å²) in [5, 5.41) is 11.2. The highest BCUT2D eigenvalue weighted by molar-refractivity contribution is 7.18. The number of nitrogens with one attached hydrogen (secondary N) is 2. The second kappa shape index (κ2) is 8.99. The standard InChI is InChI=1S/C25H21FN4O2S/c26-19-10-8-16(9-11-19)23-18(15-30(29-23)20-4-2-1-3-5-20)14-27-25(32)21-12-13-22(33-21)28-24(31)17-6-7-17/h1-5,8-13,15,17H,6-7,14H2,(H,27,32)(H,28,31). The molecule has 0 aliphatic heterocycles. The summed E-state index contributed by atoms with van der Waals surface area (Å²) < 4.78 is 15.2. The Morgan fingerprint density at radius 2 is 1.79 bits per heavy atom. The van der Waals surface area contributed by atoms with Gasteiger partial charge >= 0.3 is 0 Å². The zero-order chi connectivity index (χ0) is 22.8.